The number of amides is 1. The first-order valence-corrected chi connectivity index (χ1v) is 9.39. The van der Waals surface area contributed by atoms with Gasteiger partial charge in [-0.25, -0.2) is 0 Å². The molecule has 0 aliphatic carbocycles. The molecular weight excluding hydrogens is 310 g/mol. The van der Waals surface area contributed by atoms with Crippen LogP contribution in [0.2, 0.25) is 0 Å². The van der Waals surface area contributed by atoms with Crippen molar-refractivity contribution in [3.05, 3.63) is 18.2 Å². The highest BCUT2D eigenvalue weighted by Crippen LogP contribution is 2.31. The van der Waals surface area contributed by atoms with E-state index in [-0.39, 0.29) is 12.0 Å². The molecule has 2 unspecified atom stereocenters. The largest absolute Gasteiger partial charge is 0.495 e. The van der Waals surface area contributed by atoms with Gasteiger partial charge in [-0.3, -0.25) is 4.79 Å². The van der Waals surface area contributed by atoms with Crippen molar-refractivity contribution in [3.63, 3.8) is 0 Å². The van der Waals surface area contributed by atoms with Gasteiger partial charge in [0, 0.05) is 17.9 Å². The lowest BCUT2D eigenvalue weighted by Gasteiger charge is -2.31. The number of hydrogen-bond acceptors (Lipinski definition) is 4. The van der Waals surface area contributed by atoms with E-state index in [1.54, 1.807) is 18.9 Å². The topological polar surface area (TPSA) is 47.6 Å². The lowest BCUT2D eigenvalue weighted by atomic mass is 9.88. The number of benzene rings is 1. The van der Waals surface area contributed by atoms with Crippen molar-refractivity contribution in [2.75, 3.05) is 25.3 Å². The normalized spacial score (nSPS) is 21.3. The molecule has 23 heavy (non-hydrogen) atoms. The van der Waals surface area contributed by atoms with Gasteiger partial charge < -0.3 is 14.8 Å². The maximum Gasteiger partial charge on any atom is 0.224 e. The van der Waals surface area contributed by atoms with Crippen LogP contribution >= 0.6 is 11.8 Å². The van der Waals surface area contributed by atoms with Crippen molar-refractivity contribution in [1.82, 2.24) is 0 Å². The zero-order valence-corrected chi connectivity index (χ0v) is 15.2. The van der Waals surface area contributed by atoms with E-state index >= 15 is 0 Å². The average Bonchev–Trinajstić information content (AvgIpc) is 2.55. The number of thioether (sulfide) groups is 1. The summed E-state index contributed by atoms with van der Waals surface area (Å²) in [4.78, 5) is 13.5. The van der Waals surface area contributed by atoms with Crippen LogP contribution in [0.5, 0.6) is 5.75 Å². The molecule has 1 aliphatic heterocycles. The molecule has 1 aliphatic rings. The van der Waals surface area contributed by atoms with Crippen LogP contribution in [0.3, 0.4) is 0 Å². The van der Waals surface area contributed by atoms with E-state index in [0.29, 0.717) is 24.0 Å². The summed E-state index contributed by atoms with van der Waals surface area (Å²) in [6.07, 6.45) is 4.76. The Balaban J connectivity index is 1.94. The van der Waals surface area contributed by atoms with Crippen molar-refractivity contribution in [2.45, 2.75) is 44.1 Å². The highest BCUT2D eigenvalue weighted by atomic mass is 32.2. The maximum atomic E-state index is 12.4. The third-order valence-electron chi connectivity index (χ3n) is 4.32. The number of hydrogen-bond donors (Lipinski definition) is 1. The van der Waals surface area contributed by atoms with Crippen molar-refractivity contribution in [1.29, 1.82) is 0 Å². The van der Waals surface area contributed by atoms with E-state index in [9.17, 15) is 4.79 Å². The molecule has 1 amide bonds. The first kappa shape index (κ1) is 18.1. The molecule has 0 radical (unpaired) electrons. The highest BCUT2D eigenvalue weighted by Gasteiger charge is 2.26. The highest BCUT2D eigenvalue weighted by molar-refractivity contribution is 7.98. The molecule has 1 saturated heterocycles. The maximum absolute atomic E-state index is 12.4. The monoisotopic (exact) mass is 337 g/mol. The summed E-state index contributed by atoms with van der Waals surface area (Å²) < 4.78 is 11.2. The van der Waals surface area contributed by atoms with E-state index in [2.05, 4.69) is 19.2 Å². The average molecular weight is 337 g/mol. The minimum atomic E-state index is 0.0506. The summed E-state index contributed by atoms with van der Waals surface area (Å²) in [7, 11) is 1.63. The van der Waals surface area contributed by atoms with Gasteiger partial charge in [-0.05, 0) is 49.1 Å². The lowest BCUT2D eigenvalue weighted by molar-refractivity contribution is -0.118. The molecule has 1 aromatic rings. The Morgan fingerprint density at radius 1 is 1.48 bits per heavy atom. The smallest absolute Gasteiger partial charge is 0.224 e. The van der Waals surface area contributed by atoms with Crippen molar-refractivity contribution in [3.8, 4) is 5.75 Å². The molecular formula is C18H27NO3S. The first-order valence-electron chi connectivity index (χ1n) is 8.17. The van der Waals surface area contributed by atoms with Gasteiger partial charge in [-0.15, -0.1) is 11.8 Å². The fourth-order valence-corrected chi connectivity index (χ4v) is 3.34. The summed E-state index contributed by atoms with van der Waals surface area (Å²) in [5.41, 5.74) is 0.739. The van der Waals surface area contributed by atoms with E-state index in [4.69, 9.17) is 9.47 Å². The minimum absolute atomic E-state index is 0.0506. The van der Waals surface area contributed by atoms with Crippen molar-refractivity contribution in [2.24, 2.45) is 11.8 Å². The Kier molecular flexibility index (Phi) is 6.78. The standard InChI is InChI=1S/C18H27NO3S/c1-12(2)16-9-13(7-8-22-16)10-18(20)19-15-6-5-14(23-4)11-17(15)21-3/h5-6,11-13,16H,7-10H2,1-4H3,(H,19,20). The third-order valence-corrected chi connectivity index (χ3v) is 5.05. The Hall–Kier alpha value is -1.20. The van der Waals surface area contributed by atoms with Crippen LogP contribution in [-0.4, -0.2) is 32.0 Å². The SMILES string of the molecule is COc1cc(SC)ccc1NC(=O)CC1CCOC(C(C)C)C1. The van der Waals surface area contributed by atoms with Crippen LogP contribution in [-0.2, 0) is 9.53 Å². The second-order valence-electron chi connectivity index (χ2n) is 6.36. The van der Waals surface area contributed by atoms with Crippen LogP contribution < -0.4 is 10.1 Å². The minimum Gasteiger partial charge on any atom is -0.495 e. The summed E-state index contributed by atoms with van der Waals surface area (Å²) in [5.74, 6) is 1.65. The Bertz CT molecular complexity index is 533. The fourth-order valence-electron chi connectivity index (χ4n) is 2.92. The second-order valence-corrected chi connectivity index (χ2v) is 7.24. The molecule has 1 aromatic carbocycles. The van der Waals surface area contributed by atoms with Gasteiger partial charge in [0.05, 0.1) is 18.9 Å². The van der Waals surface area contributed by atoms with Crippen molar-refractivity contribution >= 4 is 23.4 Å². The molecule has 2 rings (SSSR count). The van der Waals surface area contributed by atoms with Gasteiger partial charge in [0.1, 0.15) is 5.75 Å². The van der Waals surface area contributed by atoms with E-state index in [1.807, 2.05) is 24.5 Å². The van der Waals surface area contributed by atoms with E-state index in [0.717, 1.165) is 30.0 Å². The molecule has 2 atom stereocenters. The van der Waals surface area contributed by atoms with Crippen LogP contribution in [0.25, 0.3) is 0 Å². The molecule has 0 saturated carbocycles. The number of methoxy groups -OCH3 is 1. The number of nitrogens with one attached hydrogen (secondary N) is 1. The predicted octanol–water partition coefficient (Wildman–Crippen LogP) is 4.20. The Morgan fingerprint density at radius 2 is 2.26 bits per heavy atom. The van der Waals surface area contributed by atoms with Gasteiger partial charge in [0.2, 0.25) is 5.91 Å². The number of rotatable bonds is 6. The lowest BCUT2D eigenvalue weighted by Crippen LogP contribution is -2.31. The summed E-state index contributed by atoms with van der Waals surface area (Å²) in [6, 6.07) is 5.85. The van der Waals surface area contributed by atoms with Crippen LogP contribution in [0, 0.1) is 11.8 Å². The number of carbonyl (C=O) groups excluding carboxylic acids is 1. The first-order chi connectivity index (χ1) is 11.0. The Labute approximate surface area is 143 Å². The summed E-state index contributed by atoms with van der Waals surface area (Å²) >= 11 is 1.65. The van der Waals surface area contributed by atoms with Crippen molar-refractivity contribution < 1.29 is 14.3 Å². The molecule has 128 valence electrons. The number of anilines is 1. The van der Waals surface area contributed by atoms with E-state index < -0.39 is 0 Å². The van der Waals surface area contributed by atoms with Gasteiger partial charge in [0.25, 0.3) is 0 Å². The number of carbonyl (C=O) groups is 1. The quantitative estimate of drug-likeness (QED) is 0.791. The molecule has 1 heterocycles. The molecule has 5 heteroatoms. The number of ether oxygens (including phenoxy) is 2. The van der Waals surface area contributed by atoms with E-state index in [1.165, 1.54) is 0 Å². The molecule has 0 aromatic heterocycles. The zero-order valence-electron chi connectivity index (χ0n) is 14.4. The van der Waals surface area contributed by atoms with Gasteiger partial charge in [0.15, 0.2) is 0 Å². The zero-order chi connectivity index (χ0) is 16.8. The Morgan fingerprint density at radius 3 is 2.91 bits per heavy atom. The van der Waals surface area contributed by atoms with Gasteiger partial charge >= 0.3 is 0 Å². The molecule has 0 bridgehead atoms. The predicted molar refractivity (Wildman–Crippen MR) is 95.3 cm³/mol. The fraction of sp³-hybridized carbons (Fsp3) is 0.611. The molecule has 1 N–H and O–H groups in total. The van der Waals surface area contributed by atoms with Crippen LogP contribution in [0.15, 0.2) is 23.1 Å². The van der Waals surface area contributed by atoms with Crippen LogP contribution in [0.1, 0.15) is 33.1 Å². The van der Waals surface area contributed by atoms with Gasteiger partial charge in [-0.2, -0.15) is 0 Å². The summed E-state index contributed by atoms with van der Waals surface area (Å²) in [6.45, 7) is 5.10. The molecule has 4 nitrogen and oxygen atoms in total. The van der Waals surface area contributed by atoms with Gasteiger partial charge in [-0.1, -0.05) is 13.8 Å². The summed E-state index contributed by atoms with van der Waals surface area (Å²) in [5, 5.41) is 2.99. The van der Waals surface area contributed by atoms with Crippen LogP contribution in [0.4, 0.5) is 5.69 Å². The second kappa shape index (κ2) is 8.60. The third kappa shape index (κ3) is 5.15. The molecule has 0 spiro atoms. The molecule has 1 fully saturated rings.